The van der Waals surface area contributed by atoms with Crippen molar-refractivity contribution in [3.05, 3.63) is 72.0 Å². The molecular weight excluding hydrogens is 372 g/mol. The van der Waals surface area contributed by atoms with Gasteiger partial charge in [0.25, 0.3) is 0 Å². The van der Waals surface area contributed by atoms with Crippen molar-refractivity contribution in [3.8, 4) is 0 Å². The zero-order valence-electron chi connectivity index (χ0n) is 15.1. The van der Waals surface area contributed by atoms with Crippen LogP contribution in [0, 0.1) is 0 Å². The molecule has 0 atom stereocenters. The van der Waals surface area contributed by atoms with Gasteiger partial charge in [0.2, 0.25) is 0 Å². The number of unbranched alkanes of at least 4 members (excludes halogenated alkanes) is 1. The van der Waals surface area contributed by atoms with Crippen LogP contribution in [0.4, 0.5) is 5.69 Å². The SMILES string of the molecule is CCCCc1ccc(N=Cc2ccc(Sc3nc4ccccc4s3)o2)cc1. The van der Waals surface area contributed by atoms with Crippen LogP contribution < -0.4 is 0 Å². The average Bonchev–Trinajstić information content (AvgIpc) is 3.32. The van der Waals surface area contributed by atoms with Crippen molar-refractivity contribution in [1.29, 1.82) is 0 Å². The van der Waals surface area contributed by atoms with Crippen LogP contribution in [-0.4, -0.2) is 11.2 Å². The molecule has 0 aliphatic heterocycles. The third kappa shape index (κ3) is 4.67. The van der Waals surface area contributed by atoms with Crippen LogP contribution in [0.25, 0.3) is 10.2 Å². The third-order valence-corrected chi connectivity index (χ3v) is 6.18. The number of para-hydroxylation sites is 1. The zero-order valence-corrected chi connectivity index (χ0v) is 16.7. The van der Waals surface area contributed by atoms with Crippen molar-refractivity contribution in [2.75, 3.05) is 0 Å². The van der Waals surface area contributed by atoms with E-state index in [0.29, 0.717) is 0 Å². The number of aliphatic imine (C=N–C) groups is 1. The molecule has 4 rings (SSSR count). The first-order valence-electron chi connectivity index (χ1n) is 9.06. The van der Waals surface area contributed by atoms with Crippen LogP contribution in [0.15, 0.2) is 79.5 Å². The van der Waals surface area contributed by atoms with E-state index >= 15 is 0 Å². The number of hydrogen-bond donors (Lipinski definition) is 0. The quantitative estimate of drug-likeness (QED) is 0.314. The summed E-state index contributed by atoms with van der Waals surface area (Å²) in [7, 11) is 0. The summed E-state index contributed by atoms with van der Waals surface area (Å²) in [4.78, 5) is 9.14. The van der Waals surface area contributed by atoms with Gasteiger partial charge in [0.1, 0.15) is 5.76 Å². The fourth-order valence-corrected chi connectivity index (χ4v) is 4.68. The first-order chi connectivity index (χ1) is 13.3. The monoisotopic (exact) mass is 392 g/mol. The fraction of sp³-hybridized carbons (Fsp3) is 0.182. The molecule has 5 heteroatoms. The molecule has 0 saturated heterocycles. The van der Waals surface area contributed by atoms with E-state index in [9.17, 15) is 0 Å². The Bertz CT molecular complexity index is 1010. The van der Waals surface area contributed by atoms with Gasteiger partial charge in [-0.2, -0.15) is 0 Å². The highest BCUT2D eigenvalue weighted by Crippen LogP contribution is 2.34. The van der Waals surface area contributed by atoms with Gasteiger partial charge in [-0.05, 0) is 66.6 Å². The summed E-state index contributed by atoms with van der Waals surface area (Å²) >= 11 is 3.22. The summed E-state index contributed by atoms with van der Waals surface area (Å²) in [6, 6.07) is 20.5. The smallest absolute Gasteiger partial charge is 0.168 e. The molecule has 136 valence electrons. The largest absolute Gasteiger partial charge is 0.448 e. The number of fused-ring (bicyclic) bond motifs is 1. The number of furan rings is 1. The molecule has 2 aromatic heterocycles. The molecular formula is C22H20N2OS2. The number of benzene rings is 2. The Labute approximate surface area is 167 Å². The van der Waals surface area contributed by atoms with Crippen LogP contribution in [0.2, 0.25) is 0 Å². The molecule has 0 N–H and O–H groups in total. The highest BCUT2D eigenvalue weighted by molar-refractivity contribution is 8.01. The molecule has 2 heterocycles. The maximum Gasteiger partial charge on any atom is 0.168 e. The van der Waals surface area contributed by atoms with Crippen LogP contribution in [0.3, 0.4) is 0 Å². The van der Waals surface area contributed by atoms with E-state index in [2.05, 4.69) is 47.2 Å². The summed E-state index contributed by atoms with van der Waals surface area (Å²) in [6.07, 6.45) is 5.34. The first-order valence-corrected chi connectivity index (χ1v) is 10.7. The van der Waals surface area contributed by atoms with Gasteiger partial charge in [-0.3, -0.25) is 4.99 Å². The summed E-state index contributed by atoms with van der Waals surface area (Å²) in [5, 5.41) is 0.824. The highest BCUT2D eigenvalue weighted by atomic mass is 32.2. The van der Waals surface area contributed by atoms with Crippen molar-refractivity contribution in [3.63, 3.8) is 0 Å². The van der Waals surface area contributed by atoms with Gasteiger partial charge in [0, 0.05) is 0 Å². The molecule has 0 aliphatic carbocycles. The predicted molar refractivity (Wildman–Crippen MR) is 115 cm³/mol. The van der Waals surface area contributed by atoms with Gasteiger partial charge >= 0.3 is 0 Å². The molecule has 0 spiro atoms. The Kier molecular flexibility index (Phi) is 5.70. The van der Waals surface area contributed by atoms with Crippen LogP contribution >= 0.6 is 23.1 Å². The average molecular weight is 393 g/mol. The van der Waals surface area contributed by atoms with E-state index < -0.39 is 0 Å². The summed E-state index contributed by atoms with van der Waals surface area (Å²) in [5.41, 5.74) is 3.33. The van der Waals surface area contributed by atoms with E-state index in [1.54, 1.807) is 29.3 Å². The second kappa shape index (κ2) is 8.55. The normalized spacial score (nSPS) is 11.6. The van der Waals surface area contributed by atoms with E-state index in [0.717, 1.165) is 32.8 Å². The number of thiazole rings is 1. The third-order valence-electron chi connectivity index (χ3n) is 4.16. The predicted octanol–water partition coefficient (Wildman–Crippen LogP) is 7.13. The molecule has 0 fully saturated rings. The maximum absolute atomic E-state index is 5.86. The van der Waals surface area contributed by atoms with E-state index in [-0.39, 0.29) is 0 Å². The van der Waals surface area contributed by atoms with Crippen molar-refractivity contribution in [1.82, 2.24) is 4.98 Å². The number of rotatable bonds is 7. The zero-order chi connectivity index (χ0) is 18.5. The van der Waals surface area contributed by atoms with Gasteiger partial charge in [0.05, 0.1) is 22.1 Å². The van der Waals surface area contributed by atoms with E-state index in [1.165, 1.54) is 23.1 Å². The lowest BCUT2D eigenvalue weighted by molar-refractivity contribution is 0.469. The number of nitrogens with zero attached hydrogens (tertiary/aromatic N) is 2. The van der Waals surface area contributed by atoms with Crippen molar-refractivity contribution in [2.45, 2.75) is 35.6 Å². The topological polar surface area (TPSA) is 38.4 Å². The number of aromatic nitrogens is 1. The lowest BCUT2D eigenvalue weighted by Gasteiger charge is -1.99. The Morgan fingerprint density at radius 3 is 2.74 bits per heavy atom. The summed E-state index contributed by atoms with van der Waals surface area (Å²) < 4.78 is 8.04. The van der Waals surface area contributed by atoms with Crippen molar-refractivity contribution >= 4 is 45.2 Å². The van der Waals surface area contributed by atoms with Gasteiger partial charge in [-0.15, -0.1) is 11.3 Å². The van der Waals surface area contributed by atoms with Crippen LogP contribution in [0.1, 0.15) is 31.1 Å². The molecule has 27 heavy (non-hydrogen) atoms. The molecule has 4 aromatic rings. The standard InChI is InChI=1S/C22H20N2OS2/c1-2-3-6-16-9-11-17(12-10-16)23-15-18-13-14-21(25-18)27-22-24-19-7-4-5-8-20(19)26-22/h4-5,7-15H,2-3,6H2,1H3. The van der Waals surface area contributed by atoms with E-state index in [4.69, 9.17) is 4.42 Å². The molecule has 3 nitrogen and oxygen atoms in total. The minimum Gasteiger partial charge on any atom is -0.448 e. The molecule has 0 unspecified atom stereocenters. The summed E-state index contributed by atoms with van der Waals surface area (Å²) in [5.74, 6) is 0.744. The van der Waals surface area contributed by atoms with Crippen LogP contribution in [0.5, 0.6) is 0 Å². The Morgan fingerprint density at radius 1 is 1.07 bits per heavy atom. The minimum atomic E-state index is 0.744. The minimum absolute atomic E-state index is 0.744. The first kappa shape index (κ1) is 18.0. The molecule has 0 radical (unpaired) electrons. The fourth-order valence-electron chi connectivity index (χ4n) is 2.71. The molecule has 2 aromatic carbocycles. The van der Waals surface area contributed by atoms with Crippen molar-refractivity contribution in [2.24, 2.45) is 4.99 Å². The molecule has 0 saturated carbocycles. The Balaban J connectivity index is 1.40. The molecule has 0 bridgehead atoms. The second-order valence-electron chi connectivity index (χ2n) is 6.23. The molecule has 0 amide bonds. The van der Waals surface area contributed by atoms with Gasteiger partial charge in [-0.1, -0.05) is 37.6 Å². The van der Waals surface area contributed by atoms with Crippen LogP contribution in [-0.2, 0) is 6.42 Å². The van der Waals surface area contributed by atoms with Gasteiger partial charge < -0.3 is 4.42 Å². The lowest BCUT2D eigenvalue weighted by atomic mass is 10.1. The second-order valence-corrected chi connectivity index (χ2v) is 8.52. The summed E-state index contributed by atoms with van der Waals surface area (Å²) in [6.45, 7) is 2.21. The van der Waals surface area contributed by atoms with Crippen molar-refractivity contribution < 1.29 is 4.42 Å². The molecule has 0 aliphatic rings. The Hall–Kier alpha value is -2.37. The highest BCUT2D eigenvalue weighted by Gasteiger charge is 2.08. The Morgan fingerprint density at radius 2 is 1.93 bits per heavy atom. The lowest BCUT2D eigenvalue weighted by Crippen LogP contribution is -1.83. The van der Waals surface area contributed by atoms with E-state index in [1.807, 2.05) is 30.3 Å². The number of aryl methyl sites for hydroxylation is 1. The van der Waals surface area contributed by atoms with Gasteiger partial charge in [-0.25, -0.2) is 4.98 Å². The van der Waals surface area contributed by atoms with Gasteiger partial charge in [0.15, 0.2) is 9.43 Å². The number of hydrogen-bond acceptors (Lipinski definition) is 5. The maximum atomic E-state index is 5.86.